The van der Waals surface area contributed by atoms with Gasteiger partial charge in [-0.3, -0.25) is 9.59 Å². The Kier molecular flexibility index (Phi) is 7.20. The van der Waals surface area contributed by atoms with Crippen LogP contribution >= 0.6 is 0 Å². The molecule has 1 aromatic heterocycles. The molecule has 0 spiro atoms. The molecule has 0 fully saturated rings. The van der Waals surface area contributed by atoms with Crippen LogP contribution in [0.2, 0.25) is 0 Å². The predicted molar refractivity (Wildman–Crippen MR) is 124 cm³/mol. The molecule has 3 aromatic rings. The molecule has 0 aliphatic heterocycles. The number of rotatable bonds is 9. The van der Waals surface area contributed by atoms with E-state index in [2.05, 4.69) is 5.32 Å². The minimum Gasteiger partial charge on any atom is -0.497 e. The lowest BCUT2D eigenvalue weighted by Gasteiger charge is -2.13. The molecule has 3 rings (SSSR count). The van der Waals surface area contributed by atoms with Crippen LogP contribution in [0.3, 0.4) is 0 Å². The number of ether oxygens (including phenoxy) is 3. The number of amides is 1. The highest BCUT2D eigenvalue weighted by atomic mass is 16.5. The van der Waals surface area contributed by atoms with Gasteiger partial charge in [0.15, 0.2) is 5.78 Å². The largest absolute Gasteiger partial charge is 0.497 e. The van der Waals surface area contributed by atoms with Crippen LogP contribution in [0.5, 0.6) is 17.2 Å². The third-order valence-electron chi connectivity index (χ3n) is 5.33. The standard InChI is InChI=1S/C25H28N2O5/c1-16-23(17(2)28)15-24(18-6-8-20(30-3)9-7-18)27(16)11-10-25(29)26-19-12-21(31-4)14-22(13-19)32-5/h6-9,12-15H,10-11H2,1-5H3,(H,26,29). The summed E-state index contributed by atoms with van der Waals surface area (Å²) >= 11 is 0. The molecule has 0 bridgehead atoms. The highest BCUT2D eigenvalue weighted by Gasteiger charge is 2.17. The molecule has 1 N–H and O–H groups in total. The first-order chi connectivity index (χ1) is 15.4. The van der Waals surface area contributed by atoms with Crippen LogP contribution in [0.4, 0.5) is 5.69 Å². The Bertz CT molecular complexity index is 1090. The van der Waals surface area contributed by atoms with Crippen molar-refractivity contribution in [3.8, 4) is 28.5 Å². The summed E-state index contributed by atoms with van der Waals surface area (Å²) in [5.41, 5.74) is 3.90. The quantitative estimate of drug-likeness (QED) is 0.491. The maximum absolute atomic E-state index is 12.7. The van der Waals surface area contributed by atoms with Crippen molar-refractivity contribution in [2.45, 2.75) is 26.8 Å². The number of benzene rings is 2. The third kappa shape index (κ3) is 5.11. The lowest BCUT2D eigenvalue weighted by molar-refractivity contribution is -0.116. The predicted octanol–water partition coefficient (Wildman–Crippen LogP) is 4.72. The van der Waals surface area contributed by atoms with Gasteiger partial charge < -0.3 is 24.1 Å². The zero-order valence-electron chi connectivity index (χ0n) is 19.0. The van der Waals surface area contributed by atoms with Gasteiger partial charge in [0, 0.05) is 53.8 Å². The van der Waals surface area contributed by atoms with Gasteiger partial charge in [0.05, 0.1) is 21.3 Å². The maximum Gasteiger partial charge on any atom is 0.226 e. The molecule has 32 heavy (non-hydrogen) atoms. The van der Waals surface area contributed by atoms with E-state index in [0.29, 0.717) is 29.3 Å². The molecule has 0 saturated carbocycles. The van der Waals surface area contributed by atoms with E-state index in [0.717, 1.165) is 22.7 Å². The van der Waals surface area contributed by atoms with Crippen molar-refractivity contribution >= 4 is 17.4 Å². The normalized spacial score (nSPS) is 10.5. The highest BCUT2D eigenvalue weighted by Crippen LogP contribution is 2.29. The minimum atomic E-state index is -0.154. The van der Waals surface area contributed by atoms with Crippen LogP contribution in [0, 0.1) is 6.92 Å². The Balaban J connectivity index is 1.82. The van der Waals surface area contributed by atoms with Crippen LogP contribution in [-0.2, 0) is 11.3 Å². The van der Waals surface area contributed by atoms with Gasteiger partial charge in [0.1, 0.15) is 17.2 Å². The number of anilines is 1. The van der Waals surface area contributed by atoms with Crippen molar-refractivity contribution in [3.63, 3.8) is 0 Å². The number of methoxy groups -OCH3 is 3. The number of Topliss-reactive ketones (excluding diaryl/α,β-unsaturated/α-hetero) is 1. The Hall–Kier alpha value is -3.74. The molecule has 0 saturated heterocycles. The zero-order chi connectivity index (χ0) is 23.3. The molecule has 1 heterocycles. The Labute approximate surface area is 187 Å². The molecule has 0 aliphatic carbocycles. The number of nitrogens with zero attached hydrogens (tertiary/aromatic N) is 1. The lowest BCUT2D eigenvalue weighted by atomic mass is 10.1. The number of nitrogens with one attached hydrogen (secondary N) is 1. The molecule has 7 nitrogen and oxygen atoms in total. The molecule has 1 amide bonds. The Morgan fingerprint density at radius 1 is 0.875 bits per heavy atom. The fourth-order valence-electron chi connectivity index (χ4n) is 3.61. The van der Waals surface area contributed by atoms with E-state index >= 15 is 0 Å². The van der Waals surface area contributed by atoms with Crippen LogP contribution in [-0.4, -0.2) is 37.6 Å². The number of carbonyl (C=O) groups is 2. The summed E-state index contributed by atoms with van der Waals surface area (Å²) in [6.45, 7) is 3.87. The van der Waals surface area contributed by atoms with E-state index < -0.39 is 0 Å². The van der Waals surface area contributed by atoms with Crippen molar-refractivity contribution in [2.75, 3.05) is 26.6 Å². The van der Waals surface area contributed by atoms with Crippen molar-refractivity contribution in [1.29, 1.82) is 0 Å². The Morgan fingerprint density at radius 2 is 1.47 bits per heavy atom. The van der Waals surface area contributed by atoms with Crippen LogP contribution in [0.15, 0.2) is 48.5 Å². The molecule has 0 radical (unpaired) electrons. The van der Waals surface area contributed by atoms with E-state index in [4.69, 9.17) is 14.2 Å². The van der Waals surface area contributed by atoms with Crippen LogP contribution in [0.1, 0.15) is 29.4 Å². The smallest absolute Gasteiger partial charge is 0.226 e. The fraction of sp³-hybridized carbons (Fsp3) is 0.280. The van der Waals surface area contributed by atoms with Crippen molar-refractivity contribution < 1.29 is 23.8 Å². The number of aromatic nitrogens is 1. The van der Waals surface area contributed by atoms with Crippen LogP contribution in [0.25, 0.3) is 11.3 Å². The summed E-state index contributed by atoms with van der Waals surface area (Å²) in [5, 5.41) is 2.89. The summed E-state index contributed by atoms with van der Waals surface area (Å²) < 4.78 is 17.8. The molecule has 7 heteroatoms. The SMILES string of the molecule is COc1ccc(-c2cc(C(C)=O)c(C)n2CCC(=O)Nc2cc(OC)cc(OC)c2)cc1. The van der Waals surface area contributed by atoms with Gasteiger partial charge >= 0.3 is 0 Å². The van der Waals surface area contributed by atoms with Gasteiger partial charge in [0.25, 0.3) is 0 Å². The van der Waals surface area contributed by atoms with Crippen molar-refractivity contribution in [2.24, 2.45) is 0 Å². The van der Waals surface area contributed by atoms with Gasteiger partial charge in [0.2, 0.25) is 5.91 Å². The lowest BCUT2D eigenvalue weighted by Crippen LogP contribution is -2.15. The van der Waals surface area contributed by atoms with E-state index in [1.165, 1.54) is 0 Å². The molecule has 0 atom stereocenters. The first kappa shape index (κ1) is 22.9. The second-order valence-corrected chi connectivity index (χ2v) is 7.36. The summed E-state index contributed by atoms with van der Waals surface area (Å²) in [6.07, 6.45) is 0.232. The maximum atomic E-state index is 12.7. The number of hydrogen-bond donors (Lipinski definition) is 1. The topological polar surface area (TPSA) is 78.8 Å². The second kappa shape index (κ2) is 10.0. The van der Waals surface area contributed by atoms with Gasteiger partial charge in [-0.2, -0.15) is 0 Å². The molecule has 0 unspecified atom stereocenters. The number of hydrogen-bond acceptors (Lipinski definition) is 5. The number of ketones is 1. The van der Waals surface area contributed by atoms with Crippen LogP contribution < -0.4 is 19.5 Å². The van der Waals surface area contributed by atoms with Gasteiger partial charge in [-0.15, -0.1) is 0 Å². The zero-order valence-corrected chi connectivity index (χ0v) is 19.0. The summed E-state index contributed by atoms with van der Waals surface area (Å²) in [4.78, 5) is 24.8. The van der Waals surface area contributed by atoms with Gasteiger partial charge in [-0.1, -0.05) is 0 Å². The first-order valence-corrected chi connectivity index (χ1v) is 10.2. The fourth-order valence-corrected chi connectivity index (χ4v) is 3.61. The molecule has 0 aliphatic rings. The van der Waals surface area contributed by atoms with Crippen molar-refractivity contribution in [1.82, 2.24) is 4.57 Å². The third-order valence-corrected chi connectivity index (χ3v) is 5.33. The van der Waals surface area contributed by atoms with E-state index in [-0.39, 0.29) is 18.1 Å². The van der Waals surface area contributed by atoms with E-state index in [1.54, 1.807) is 46.5 Å². The van der Waals surface area contributed by atoms with Gasteiger partial charge in [-0.05, 0) is 49.7 Å². The molecular weight excluding hydrogens is 408 g/mol. The highest BCUT2D eigenvalue weighted by molar-refractivity contribution is 5.97. The molecule has 168 valence electrons. The average Bonchev–Trinajstić information content (AvgIpc) is 3.13. The number of carbonyl (C=O) groups excluding carboxylic acids is 2. The van der Waals surface area contributed by atoms with E-state index in [9.17, 15) is 9.59 Å². The summed E-state index contributed by atoms with van der Waals surface area (Å²) in [7, 11) is 4.73. The molecule has 2 aromatic carbocycles. The second-order valence-electron chi connectivity index (χ2n) is 7.36. The monoisotopic (exact) mass is 436 g/mol. The first-order valence-electron chi connectivity index (χ1n) is 10.2. The minimum absolute atomic E-state index is 0.0102. The molecular formula is C25H28N2O5. The summed E-state index contributed by atoms with van der Waals surface area (Å²) in [5.74, 6) is 1.77. The van der Waals surface area contributed by atoms with E-state index in [1.807, 2.05) is 41.8 Å². The average molecular weight is 437 g/mol. The Morgan fingerprint density at radius 3 is 2.00 bits per heavy atom. The summed E-state index contributed by atoms with van der Waals surface area (Å²) in [6, 6.07) is 14.7. The van der Waals surface area contributed by atoms with Gasteiger partial charge in [-0.25, -0.2) is 0 Å². The van der Waals surface area contributed by atoms with Crippen molar-refractivity contribution in [3.05, 3.63) is 59.8 Å².